The summed E-state index contributed by atoms with van der Waals surface area (Å²) in [7, 11) is 0. The van der Waals surface area contributed by atoms with Gasteiger partial charge in [0.05, 0.1) is 0 Å². The number of halogens is 2. The molecule has 1 aliphatic heterocycles. The molecule has 0 saturated carbocycles. The molecular formula is C11H13ClFN. The first-order chi connectivity index (χ1) is 6.36. The summed E-state index contributed by atoms with van der Waals surface area (Å²) in [5.74, 6) is -0.168. The van der Waals surface area contributed by atoms with Gasteiger partial charge < -0.3 is 5.32 Å². The lowest BCUT2D eigenvalue weighted by Gasteiger charge is -2.13. The zero-order valence-electron chi connectivity index (χ0n) is 7.79. The van der Waals surface area contributed by atoms with E-state index in [1.807, 2.05) is 12.1 Å². The molecule has 3 heteroatoms. The molecule has 2 rings (SSSR count). The summed E-state index contributed by atoms with van der Waals surface area (Å²) in [5, 5.41) is 3.25. The van der Waals surface area contributed by atoms with E-state index in [2.05, 4.69) is 11.4 Å². The zero-order chi connectivity index (χ0) is 9.10. The number of benzene rings is 1. The first-order valence-electron chi connectivity index (χ1n) is 4.52. The Labute approximate surface area is 89.4 Å². The maximum absolute atomic E-state index is 12.6. The summed E-state index contributed by atoms with van der Waals surface area (Å²) in [6.45, 7) is 1.94. The van der Waals surface area contributed by atoms with Crippen LogP contribution in [-0.2, 0) is 0 Å². The molecule has 0 spiro atoms. The van der Waals surface area contributed by atoms with Gasteiger partial charge in [-0.1, -0.05) is 18.2 Å². The number of hydrogen-bond donors (Lipinski definition) is 1. The largest absolute Gasteiger partial charge is 0.313 e. The van der Waals surface area contributed by atoms with Gasteiger partial charge in [-0.05, 0) is 36.2 Å². The third kappa shape index (κ3) is 2.56. The second-order valence-electron chi connectivity index (χ2n) is 3.19. The molecule has 1 aromatic rings. The highest BCUT2D eigenvalue weighted by Crippen LogP contribution is 2.19. The standard InChI is InChI=1S/C11H12FN.ClH/c12-11-3-1-9(2-4-11)10-5-7-13-8-6-10;/h1-5,13H,6-8H2;1H. The second-order valence-corrected chi connectivity index (χ2v) is 3.19. The minimum atomic E-state index is -0.168. The van der Waals surface area contributed by atoms with E-state index < -0.39 is 0 Å². The van der Waals surface area contributed by atoms with E-state index >= 15 is 0 Å². The van der Waals surface area contributed by atoms with Crippen LogP contribution >= 0.6 is 12.4 Å². The predicted octanol–water partition coefficient (Wildman–Crippen LogP) is 2.62. The summed E-state index contributed by atoms with van der Waals surface area (Å²) in [4.78, 5) is 0. The van der Waals surface area contributed by atoms with Gasteiger partial charge in [0.15, 0.2) is 0 Å². The van der Waals surface area contributed by atoms with Crippen LogP contribution in [0.3, 0.4) is 0 Å². The normalized spacial score (nSPS) is 15.6. The zero-order valence-corrected chi connectivity index (χ0v) is 8.61. The first-order valence-corrected chi connectivity index (χ1v) is 4.52. The van der Waals surface area contributed by atoms with Gasteiger partial charge in [-0.2, -0.15) is 0 Å². The average molecular weight is 214 g/mol. The lowest BCUT2D eigenvalue weighted by atomic mass is 10.0. The van der Waals surface area contributed by atoms with Crippen molar-refractivity contribution in [2.75, 3.05) is 13.1 Å². The molecule has 1 aliphatic rings. The fraction of sp³-hybridized carbons (Fsp3) is 0.273. The Bertz CT molecular complexity index is 319. The van der Waals surface area contributed by atoms with Crippen molar-refractivity contribution in [2.45, 2.75) is 6.42 Å². The maximum Gasteiger partial charge on any atom is 0.123 e. The van der Waals surface area contributed by atoms with Crippen molar-refractivity contribution in [1.82, 2.24) is 5.32 Å². The van der Waals surface area contributed by atoms with Gasteiger partial charge in [-0.15, -0.1) is 12.4 Å². The summed E-state index contributed by atoms with van der Waals surface area (Å²) in [6, 6.07) is 6.70. The Morgan fingerprint density at radius 1 is 1.14 bits per heavy atom. The van der Waals surface area contributed by atoms with Gasteiger partial charge in [-0.25, -0.2) is 4.39 Å². The van der Waals surface area contributed by atoms with Crippen LogP contribution in [0, 0.1) is 5.82 Å². The third-order valence-corrected chi connectivity index (χ3v) is 2.28. The minimum Gasteiger partial charge on any atom is -0.313 e. The lowest BCUT2D eigenvalue weighted by molar-refractivity contribution is 0.627. The quantitative estimate of drug-likeness (QED) is 0.756. The molecule has 1 heterocycles. The highest BCUT2D eigenvalue weighted by atomic mass is 35.5. The van der Waals surface area contributed by atoms with Gasteiger partial charge in [0.1, 0.15) is 5.82 Å². The monoisotopic (exact) mass is 213 g/mol. The van der Waals surface area contributed by atoms with Crippen LogP contribution in [0.1, 0.15) is 12.0 Å². The molecule has 1 aromatic carbocycles. The van der Waals surface area contributed by atoms with Gasteiger partial charge in [0.2, 0.25) is 0 Å². The molecule has 0 aromatic heterocycles. The van der Waals surface area contributed by atoms with Crippen LogP contribution in [0.15, 0.2) is 30.3 Å². The van der Waals surface area contributed by atoms with Crippen molar-refractivity contribution in [1.29, 1.82) is 0 Å². The molecular weight excluding hydrogens is 201 g/mol. The van der Waals surface area contributed by atoms with E-state index in [-0.39, 0.29) is 18.2 Å². The molecule has 1 nitrogen and oxygen atoms in total. The lowest BCUT2D eigenvalue weighted by Crippen LogP contribution is -2.19. The predicted molar refractivity (Wildman–Crippen MR) is 59.1 cm³/mol. The van der Waals surface area contributed by atoms with Gasteiger partial charge in [0, 0.05) is 6.54 Å². The summed E-state index contributed by atoms with van der Waals surface area (Å²) in [6.07, 6.45) is 3.20. The molecule has 76 valence electrons. The van der Waals surface area contributed by atoms with Crippen LogP contribution < -0.4 is 5.32 Å². The van der Waals surface area contributed by atoms with Crippen LogP contribution in [0.4, 0.5) is 4.39 Å². The SMILES string of the molecule is Cl.Fc1ccc(C2=CCNCC2)cc1. The van der Waals surface area contributed by atoms with Crippen LogP contribution in [0.5, 0.6) is 0 Å². The van der Waals surface area contributed by atoms with E-state index in [0.717, 1.165) is 25.1 Å². The van der Waals surface area contributed by atoms with Gasteiger partial charge in [0.25, 0.3) is 0 Å². The second kappa shape index (κ2) is 5.13. The van der Waals surface area contributed by atoms with E-state index in [4.69, 9.17) is 0 Å². The topological polar surface area (TPSA) is 12.0 Å². The maximum atomic E-state index is 12.6. The summed E-state index contributed by atoms with van der Waals surface area (Å²) < 4.78 is 12.6. The smallest absolute Gasteiger partial charge is 0.123 e. The minimum absolute atomic E-state index is 0. The summed E-state index contributed by atoms with van der Waals surface area (Å²) >= 11 is 0. The van der Waals surface area contributed by atoms with E-state index in [1.165, 1.54) is 17.7 Å². The van der Waals surface area contributed by atoms with E-state index in [0.29, 0.717) is 0 Å². The molecule has 0 unspecified atom stereocenters. The fourth-order valence-corrected chi connectivity index (χ4v) is 1.55. The molecule has 0 fully saturated rings. The fourth-order valence-electron chi connectivity index (χ4n) is 1.55. The van der Waals surface area contributed by atoms with Crippen molar-refractivity contribution >= 4 is 18.0 Å². The highest BCUT2D eigenvalue weighted by molar-refractivity contribution is 5.85. The van der Waals surface area contributed by atoms with Crippen molar-refractivity contribution in [3.8, 4) is 0 Å². The Morgan fingerprint density at radius 2 is 1.86 bits per heavy atom. The van der Waals surface area contributed by atoms with Crippen molar-refractivity contribution in [2.24, 2.45) is 0 Å². The summed E-state index contributed by atoms with van der Waals surface area (Å²) in [5.41, 5.74) is 2.46. The van der Waals surface area contributed by atoms with Crippen LogP contribution in [0.25, 0.3) is 5.57 Å². The van der Waals surface area contributed by atoms with Crippen molar-refractivity contribution in [3.05, 3.63) is 41.7 Å². The average Bonchev–Trinajstić information content (AvgIpc) is 2.20. The Balaban J connectivity index is 0.000000980. The van der Waals surface area contributed by atoms with Gasteiger partial charge in [-0.3, -0.25) is 0 Å². The number of rotatable bonds is 1. The van der Waals surface area contributed by atoms with Gasteiger partial charge >= 0.3 is 0 Å². The molecule has 0 bridgehead atoms. The number of hydrogen-bond acceptors (Lipinski definition) is 1. The molecule has 0 radical (unpaired) electrons. The molecule has 1 N–H and O–H groups in total. The highest BCUT2D eigenvalue weighted by Gasteiger charge is 2.04. The molecule has 0 aliphatic carbocycles. The molecule has 0 atom stereocenters. The third-order valence-electron chi connectivity index (χ3n) is 2.28. The van der Waals surface area contributed by atoms with Crippen LogP contribution in [-0.4, -0.2) is 13.1 Å². The van der Waals surface area contributed by atoms with Crippen molar-refractivity contribution in [3.63, 3.8) is 0 Å². The van der Waals surface area contributed by atoms with E-state index in [9.17, 15) is 4.39 Å². The Morgan fingerprint density at radius 3 is 2.43 bits per heavy atom. The molecule has 0 saturated heterocycles. The Kier molecular flexibility index (Phi) is 4.11. The van der Waals surface area contributed by atoms with Crippen molar-refractivity contribution < 1.29 is 4.39 Å². The molecule has 0 amide bonds. The first kappa shape index (κ1) is 11.2. The number of nitrogens with one attached hydrogen (secondary N) is 1. The molecule has 14 heavy (non-hydrogen) atoms. The van der Waals surface area contributed by atoms with Crippen LogP contribution in [0.2, 0.25) is 0 Å². The van der Waals surface area contributed by atoms with E-state index in [1.54, 1.807) is 0 Å². The Hall–Kier alpha value is -0.860.